The molecule has 0 aromatic heterocycles. The Kier molecular flexibility index (Phi) is 3.48. The number of carbonyl (C=O) groups excluding carboxylic acids is 1. The van der Waals surface area contributed by atoms with Gasteiger partial charge in [-0.2, -0.15) is 0 Å². The summed E-state index contributed by atoms with van der Waals surface area (Å²) < 4.78 is 0. The van der Waals surface area contributed by atoms with Gasteiger partial charge < -0.3 is 10.5 Å². The molecule has 0 aromatic rings. The molecule has 0 radical (unpaired) electrons. The summed E-state index contributed by atoms with van der Waals surface area (Å²) in [6.45, 7) is 4.64. The first-order valence-electron chi connectivity index (χ1n) is 5.24. The first-order valence-corrected chi connectivity index (χ1v) is 5.24. The highest BCUT2D eigenvalue weighted by Crippen LogP contribution is 2.39. The van der Waals surface area contributed by atoms with Crippen LogP contribution in [0.4, 0.5) is 0 Å². The lowest BCUT2D eigenvalue weighted by Crippen LogP contribution is -2.29. The highest BCUT2D eigenvalue weighted by molar-refractivity contribution is 5.56. The van der Waals surface area contributed by atoms with Gasteiger partial charge in [-0.3, -0.25) is 0 Å². The van der Waals surface area contributed by atoms with Crippen LogP contribution in [0.5, 0.6) is 0 Å². The van der Waals surface area contributed by atoms with Crippen molar-refractivity contribution in [1.29, 1.82) is 0 Å². The third-order valence-corrected chi connectivity index (χ3v) is 3.24. The molecule has 2 heteroatoms. The molecule has 0 spiro atoms. The molecule has 1 fully saturated rings. The van der Waals surface area contributed by atoms with Crippen LogP contribution >= 0.6 is 0 Å². The fourth-order valence-corrected chi connectivity index (χ4v) is 2.14. The van der Waals surface area contributed by atoms with Crippen LogP contribution < -0.4 is 5.73 Å². The molecule has 1 aliphatic rings. The standard InChI is InChI=1S/C11H21NO/c1-11(2)5-3-9(4-6-11)7-10(12)8-13/h8-10H,3-7,12H2,1-2H3/t10-/m0/s1. The van der Waals surface area contributed by atoms with Crippen LogP contribution in [-0.4, -0.2) is 12.3 Å². The van der Waals surface area contributed by atoms with E-state index in [0.717, 1.165) is 12.7 Å². The van der Waals surface area contributed by atoms with Gasteiger partial charge in [0.15, 0.2) is 0 Å². The molecule has 13 heavy (non-hydrogen) atoms. The first-order chi connectivity index (χ1) is 6.03. The second-order valence-electron chi connectivity index (χ2n) is 5.14. The van der Waals surface area contributed by atoms with Crippen molar-refractivity contribution in [2.75, 3.05) is 0 Å². The van der Waals surface area contributed by atoms with Gasteiger partial charge in [-0.25, -0.2) is 0 Å². The van der Waals surface area contributed by atoms with Crippen molar-refractivity contribution in [3.8, 4) is 0 Å². The average molecular weight is 183 g/mol. The van der Waals surface area contributed by atoms with Crippen LogP contribution in [0.15, 0.2) is 0 Å². The van der Waals surface area contributed by atoms with Gasteiger partial charge in [0.2, 0.25) is 0 Å². The lowest BCUT2D eigenvalue weighted by molar-refractivity contribution is -0.109. The summed E-state index contributed by atoms with van der Waals surface area (Å²) in [7, 11) is 0. The van der Waals surface area contributed by atoms with Crippen LogP contribution in [0.3, 0.4) is 0 Å². The van der Waals surface area contributed by atoms with Gasteiger partial charge in [-0.05, 0) is 43.4 Å². The summed E-state index contributed by atoms with van der Waals surface area (Å²) in [5.41, 5.74) is 6.12. The van der Waals surface area contributed by atoms with Crippen molar-refractivity contribution >= 4 is 6.29 Å². The van der Waals surface area contributed by atoms with Gasteiger partial charge in [-0.15, -0.1) is 0 Å². The van der Waals surface area contributed by atoms with Crippen LogP contribution in [0.1, 0.15) is 46.0 Å². The van der Waals surface area contributed by atoms with Gasteiger partial charge >= 0.3 is 0 Å². The zero-order chi connectivity index (χ0) is 9.90. The summed E-state index contributed by atoms with van der Waals surface area (Å²) >= 11 is 0. The number of hydrogen-bond donors (Lipinski definition) is 1. The van der Waals surface area contributed by atoms with E-state index in [1.807, 2.05) is 0 Å². The Hall–Kier alpha value is -0.370. The molecule has 1 atom stereocenters. The topological polar surface area (TPSA) is 43.1 Å². The zero-order valence-electron chi connectivity index (χ0n) is 8.75. The van der Waals surface area contributed by atoms with Crippen molar-refractivity contribution in [3.63, 3.8) is 0 Å². The van der Waals surface area contributed by atoms with Gasteiger partial charge in [0.1, 0.15) is 6.29 Å². The molecule has 0 saturated heterocycles. The summed E-state index contributed by atoms with van der Waals surface area (Å²) in [5, 5.41) is 0. The largest absolute Gasteiger partial charge is 0.322 e. The van der Waals surface area contributed by atoms with E-state index in [1.165, 1.54) is 25.7 Å². The molecule has 2 N–H and O–H groups in total. The van der Waals surface area contributed by atoms with E-state index in [9.17, 15) is 4.79 Å². The Labute approximate surface area is 80.9 Å². The molecule has 0 unspecified atom stereocenters. The minimum Gasteiger partial charge on any atom is -0.322 e. The summed E-state index contributed by atoms with van der Waals surface area (Å²) in [6, 6.07) is -0.230. The smallest absolute Gasteiger partial charge is 0.136 e. The lowest BCUT2D eigenvalue weighted by atomic mass is 9.72. The lowest BCUT2D eigenvalue weighted by Gasteiger charge is -2.34. The second kappa shape index (κ2) is 4.23. The molecule has 1 rings (SSSR count). The van der Waals surface area contributed by atoms with E-state index < -0.39 is 0 Å². The highest BCUT2D eigenvalue weighted by atomic mass is 16.1. The van der Waals surface area contributed by atoms with E-state index in [1.54, 1.807) is 0 Å². The number of hydrogen-bond acceptors (Lipinski definition) is 2. The molecule has 76 valence electrons. The molecular formula is C11H21NO. The van der Waals surface area contributed by atoms with Crippen molar-refractivity contribution in [2.45, 2.75) is 52.0 Å². The fourth-order valence-electron chi connectivity index (χ4n) is 2.14. The maximum atomic E-state index is 10.4. The van der Waals surface area contributed by atoms with Crippen molar-refractivity contribution < 1.29 is 4.79 Å². The Bertz CT molecular complexity index is 167. The number of nitrogens with two attached hydrogens (primary N) is 1. The molecule has 2 nitrogen and oxygen atoms in total. The molecular weight excluding hydrogens is 162 g/mol. The predicted molar refractivity (Wildman–Crippen MR) is 54.4 cm³/mol. The molecule has 1 saturated carbocycles. The molecule has 0 amide bonds. The summed E-state index contributed by atoms with van der Waals surface area (Å²) in [5.74, 6) is 0.688. The van der Waals surface area contributed by atoms with E-state index >= 15 is 0 Å². The van der Waals surface area contributed by atoms with Crippen LogP contribution in [0.2, 0.25) is 0 Å². The zero-order valence-corrected chi connectivity index (χ0v) is 8.75. The van der Waals surface area contributed by atoms with Crippen molar-refractivity contribution in [3.05, 3.63) is 0 Å². The molecule has 0 aliphatic heterocycles. The Morgan fingerprint density at radius 2 is 2.00 bits per heavy atom. The van der Waals surface area contributed by atoms with Gasteiger partial charge in [0.25, 0.3) is 0 Å². The minimum absolute atomic E-state index is 0.230. The Balaban J connectivity index is 2.29. The Morgan fingerprint density at radius 3 is 2.46 bits per heavy atom. The van der Waals surface area contributed by atoms with E-state index in [0.29, 0.717) is 11.3 Å². The van der Waals surface area contributed by atoms with E-state index in [4.69, 9.17) is 5.73 Å². The van der Waals surface area contributed by atoms with Crippen LogP contribution in [-0.2, 0) is 4.79 Å². The number of rotatable bonds is 3. The van der Waals surface area contributed by atoms with Crippen LogP contribution in [0, 0.1) is 11.3 Å². The molecule has 1 aliphatic carbocycles. The second-order valence-corrected chi connectivity index (χ2v) is 5.14. The van der Waals surface area contributed by atoms with Crippen molar-refractivity contribution in [1.82, 2.24) is 0 Å². The normalized spacial score (nSPS) is 25.5. The third-order valence-electron chi connectivity index (χ3n) is 3.24. The quantitative estimate of drug-likeness (QED) is 0.681. The average Bonchev–Trinajstić information content (AvgIpc) is 2.08. The van der Waals surface area contributed by atoms with Crippen LogP contribution in [0.25, 0.3) is 0 Å². The van der Waals surface area contributed by atoms with Crippen molar-refractivity contribution in [2.24, 2.45) is 17.1 Å². The fraction of sp³-hybridized carbons (Fsp3) is 0.909. The number of carbonyl (C=O) groups is 1. The van der Waals surface area contributed by atoms with Gasteiger partial charge in [0.05, 0.1) is 6.04 Å². The maximum absolute atomic E-state index is 10.4. The predicted octanol–water partition coefficient (Wildman–Crippen LogP) is 2.12. The molecule has 0 aromatic carbocycles. The summed E-state index contributed by atoms with van der Waals surface area (Å²) in [4.78, 5) is 10.4. The first kappa shape index (κ1) is 10.7. The highest BCUT2D eigenvalue weighted by Gasteiger charge is 2.27. The van der Waals surface area contributed by atoms with Gasteiger partial charge in [-0.1, -0.05) is 13.8 Å². The van der Waals surface area contributed by atoms with E-state index in [2.05, 4.69) is 13.8 Å². The minimum atomic E-state index is -0.230. The van der Waals surface area contributed by atoms with Gasteiger partial charge in [0, 0.05) is 0 Å². The molecule has 0 heterocycles. The SMILES string of the molecule is CC1(C)CCC(C[C@H](N)C=O)CC1. The van der Waals surface area contributed by atoms with E-state index in [-0.39, 0.29) is 6.04 Å². The third kappa shape index (κ3) is 3.47. The Morgan fingerprint density at radius 1 is 1.46 bits per heavy atom. The molecule has 0 bridgehead atoms. The maximum Gasteiger partial charge on any atom is 0.136 e. The monoisotopic (exact) mass is 183 g/mol. The number of aldehydes is 1. The summed E-state index contributed by atoms with van der Waals surface area (Å²) in [6.07, 6.45) is 6.81.